The molecule has 0 spiro atoms. The van der Waals surface area contributed by atoms with Gasteiger partial charge in [-0.05, 0) is 31.2 Å². The van der Waals surface area contributed by atoms with Gasteiger partial charge in [0.25, 0.3) is 0 Å². The van der Waals surface area contributed by atoms with Crippen LogP contribution in [0, 0.1) is 5.82 Å². The summed E-state index contributed by atoms with van der Waals surface area (Å²) in [5.41, 5.74) is 0.821. The first-order chi connectivity index (χ1) is 8.50. The number of hydrogen-bond acceptors (Lipinski definition) is 4. The summed E-state index contributed by atoms with van der Waals surface area (Å²) < 4.78 is 41.7. The Morgan fingerprint density at radius 1 is 1.50 bits per heavy atom. The molecule has 0 bridgehead atoms. The van der Waals surface area contributed by atoms with Gasteiger partial charge in [-0.15, -0.1) is 0 Å². The van der Waals surface area contributed by atoms with Crippen LogP contribution in [0.3, 0.4) is 0 Å². The van der Waals surface area contributed by atoms with Crippen molar-refractivity contribution >= 4 is 9.84 Å². The van der Waals surface area contributed by atoms with Gasteiger partial charge in [-0.25, -0.2) is 12.8 Å². The summed E-state index contributed by atoms with van der Waals surface area (Å²) in [6.07, 6.45) is -0.000284. The Labute approximate surface area is 106 Å². The van der Waals surface area contributed by atoms with Gasteiger partial charge in [0.15, 0.2) is 21.4 Å². The van der Waals surface area contributed by atoms with Crippen LogP contribution in [0.2, 0.25) is 0 Å². The van der Waals surface area contributed by atoms with Crippen LogP contribution in [0.15, 0.2) is 18.2 Å². The number of nitrogens with one attached hydrogen (secondary N) is 1. The van der Waals surface area contributed by atoms with Crippen LogP contribution < -0.4 is 10.1 Å². The molecule has 0 amide bonds. The minimum atomic E-state index is -3.00. The molecular formula is C12H16FNO3S. The Morgan fingerprint density at radius 2 is 2.28 bits per heavy atom. The molecule has 1 atom stereocenters. The summed E-state index contributed by atoms with van der Waals surface area (Å²) in [4.78, 5) is 0. The zero-order valence-corrected chi connectivity index (χ0v) is 11.0. The maximum Gasteiger partial charge on any atom is 0.165 e. The van der Waals surface area contributed by atoms with Crippen molar-refractivity contribution in [2.24, 2.45) is 0 Å². The van der Waals surface area contributed by atoms with E-state index in [0.717, 1.165) is 5.56 Å². The number of ether oxygens (including phenoxy) is 1. The van der Waals surface area contributed by atoms with E-state index in [0.29, 0.717) is 13.0 Å². The van der Waals surface area contributed by atoms with Gasteiger partial charge in [-0.3, -0.25) is 0 Å². The fourth-order valence-corrected chi connectivity index (χ4v) is 3.58. The van der Waals surface area contributed by atoms with Crippen molar-refractivity contribution in [3.05, 3.63) is 29.6 Å². The summed E-state index contributed by atoms with van der Waals surface area (Å²) >= 11 is 0. The molecule has 1 unspecified atom stereocenters. The Balaban J connectivity index is 2.06. The molecule has 0 aliphatic carbocycles. The third-order valence-electron chi connectivity index (χ3n) is 2.86. The lowest BCUT2D eigenvalue weighted by Gasteiger charge is -2.13. The van der Waals surface area contributed by atoms with Gasteiger partial charge in [0.1, 0.15) is 6.10 Å². The highest BCUT2D eigenvalue weighted by Crippen LogP contribution is 2.23. The van der Waals surface area contributed by atoms with Crippen LogP contribution in [0.5, 0.6) is 5.75 Å². The molecule has 0 aromatic heterocycles. The average molecular weight is 273 g/mol. The van der Waals surface area contributed by atoms with E-state index in [-0.39, 0.29) is 17.3 Å². The van der Waals surface area contributed by atoms with Crippen molar-refractivity contribution < 1.29 is 17.5 Å². The Hall–Kier alpha value is -1.14. The van der Waals surface area contributed by atoms with Crippen LogP contribution >= 0.6 is 0 Å². The predicted molar refractivity (Wildman–Crippen MR) is 66.9 cm³/mol. The Bertz CT molecular complexity index is 530. The zero-order valence-electron chi connectivity index (χ0n) is 10.1. The van der Waals surface area contributed by atoms with Gasteiger partial charge in [0.2, 0.25) is 0 Å². The molecule has 0 radical (unpaired) electrons. The van der Waals surface area contributed by atoms with E-state index in [1.807, 2.05) is 0 Å². The Morgan fingerprint density at radius 3 is 2.83 bits per heavy atom. The number of halogens is 1. The van der Waals surface area contributed by atoms with Crippen molar-refractivity contribution in [3.8, 4) is 5.75 Å². The minimum Gasteiger partial charge on any atom is -0.486 e. The van der Waals surface area contributed by atoms with Gasteiger partial charge in [-0.1, -0.05) is 6.07 Å². The number of rotatable bonds is 4. The first-order valence-corrected chi connectivity index (χ1v) is 7.62. The van der Waals surface area contributed by atoms with Crippen LogP contribution in [0.1, 0.15) is 12.0 Å². The summed E-state index contributed by atoms with van der Waals surface area (Å²) in [6.45, 7) is 0.578. The highest BCUT2D eigenvalue weighted by atomic mass is 32.2. The topological polar surface area (TPSA) is 55.4 Å². The first kappa shape index (κ1) is 13.3. The molecule has 0 saturated carbocycles. The third kappa shape index (κ3) is 3.20. The van der Waals surface area contributed by atoms with Crippen LogP contribution in [-0.4, -0.2) is 33.1 Å². The number of hydrogen-bond donors (Lipinski definition) is 1. The molecule has 1 heterocycles. The summed E-state index contributed by atoms with van der Waals surface area (Å²) in [6, 6.07) is 4.71. The van der Waals surface area contributed by atoms with Gasteiger partial charge < -0.3 is 10.1 Å². The quantitative estimate of drug-likeness (QED) is 0.893. The lowest BCUT2D eigenvalue weighted by atomic mass is 10.2. The lowest BCUT2D eigenvalue weighted by molar-refractivity contribution is 0.218. The van der Waals surface area contributed by atoms with Crippen molar-refractivity contribution in [1.82, 2.24) is 5.32 Å². The number of sulfone groups is 1. The van der Waals surface area contributed by atoms with Crippen molar-refractivity contribution in [2.45, 2.75) is 19.1 Å². The normalized spacial score (nSPS) is 22.0. The van der Waals surface area contributed by atoms with E-state index in [1.54, 1.807) is 19.2 Å². The molecule has 2 rings (SSSR count). The van der Waals surface area contributed by atoms with Gasteiger partial charge in [0, 0.05) is 6.54 Å². The van der Waals surface area contributed by atoms with E-state index in [9.17, 15) is 12.8 Å². The molecule has 1 saturated heterocycles. The molecule has 1 N–H and O–H groups in total. The maximum atomic E-state index is 13.7. The predicted octanol–water partition coefficient (Wildman–Crippen LogP) is 1.11. The second-order valence-corrected chi connectivity index (χ2v) is 6.67. The highest BCUT2D eigenvalue weighted by molar-refractivity contribution is 7.91. The summed E-state index contributed by atoms with van der Waals surface area (Å²) in [5, 5.41) is 2.93. The van der Waals surface area contributed by atoms with Gasteiger partial charge >= 0.3 is 0 Å². The SMILES string of the molecule is CNCc1ccc(OC2CCS(=O)(=O)C2)c(F)c1. The third-order valence-corrected chi connectivity index (χ3v) is 4.60. The van der Waals surface area contributed by atoms with Gasteiger partial charge in [0.05, 0.1) is 11.5 Å². The molecule has 4 nitrogen and oxygen atoms in total. The van der Waals surface area contributed by atoms with Gasteiger partial charge in [-0.2, -0.15) is 0 Å². The molecule has 18 heavy (non-hydrogen) atoms. The molecule has 1 aliphatic rings. The van der Waals surface area contributed by atoms with E-state index in [4.69, 9.17) is 4.74 Å². The molecule has 6 heteroatoms. The zero-order chi connectivity index (χ0) is 13.2. The molecule has 100 valence electrons. The van der Waals surface area contributed by atoms with Crippen LogP contribution in [0.25, 0.3) is 0 Å². The van der Waals surface area contributed by atoms with E-state index in [2.05, 4.69) is 5.32 Å². The standard InChI is InChI=1S/C12H16FNO3S/c1-14-7-9-2-3-12(11(13)6-9)17-10-4-5-18(15,16)8-10/h2-3,6,10,14H,4-5,7-8H2,1H3. The molecule has 1 fully saturated rings. The molecule has 1 aromatic rings. The fourth-order valence-electron chi connectivity index (χ4n) is 1.99. The lowest BCUT2D eigenvalue weighted by Crippen LogP contribution is -2.18. The minimum absolute atomic E-state index is 0.0231. The fraction of sp³-hybridized carbons (Fsp3) is 0.500. The second-order valence-electron chi connectivity index (χ2n) is 4.44. The van der Waals surface area contributed by atoms with Crippen molar-refractivity contribution in [3.63, 3.8) is 0 Å². The maximum absolute atomic E-state index is 13.7. The van der Waals surface area contributed by atoms with E-state index < -0.39 is 21.8 Å². The molecule has 1 aromatic carbocycles. The van der Waals surface area contributed by atoms with Crippen LogP contribution in [0.4, 0.5) is 4.39 Å². The molecular weight excluding hydrogens is 257 g/mol. The Kier molecular flexibility index (Phi) is 3.87. The van der Waals surface area contributed by atoms with Crippen molar-refractivity contribution in [2.75, 3.05) is 18.6 Å². The molecule has 1 aliphatic heterocycles. The second kappa shape index (κ2) is 5.24. The van der Waals surface area contributed by atoms with E-state index >= 15 is 0 Å². The van der Waals surface area contributed by atoms with Crippen LogP contribution in [-0.2, 0) is 16.4 Å². The van der Waals surface area contributed by atoms with Crippen molar-refractivity contribution in [1.29, 1.82) is 0 Å². The largest absolute Gasteiger partial charge is 0.486 e. The monoisotopic (exact) mass is 273 g/mol. The number of benzene rings is 1. The summed E-state index contributed by atoms with van der Waals surface area (Å²) in [7, 11) is -1.22. The smallest absolute Gasteiger partial charge is 0.165 e. The summed E-state index contributed by atoms with van der Waals surface area (Å²) in [5.74, 6) is -0.231. The van der Waals surface area contributed by atoms with E-state index in [1.165, 1.54) is 6.07 Å². The average Bonchev–Trinajstić information content (AvgIpc) is 2.63. The highest BCUT2D eigenvalue weighted by Gasteiger charge is 2.29. The first-order valence-electron chi connectivity index (χ1n) is 5.80.